The Labute approximate surface area is 124 Å². The maximum absolute atomic E-state index is 5.96. The van der Waals surface area contributed by atoms with Gasteiger partial charge in [0.1, 0.15) is 0 Å². The Morgan fingerprint density at radius 3 is 2.25 bits per heavy atom. The van der Waals surface area contributed by atoms with E-state index in [0.29, 0.717) is 12.1 Å². The largest absolute Gasteiger partial charge is 0.382 e. The van der Waals surface area contributed by atoms with E-state index in [-0.39, 0.29) is 5.41 Å². The molecule has 2 nitrogen and oxygen atoms in total. The highest BCUT2D eigenvalue weighted by atomic mass is 14.9. The van der Waals surface area contributed by atoms with Crippen molar-refractivity contribution in [2.75, 3.05) is 5.32 Å². The first-order valence-electron chi connectivity index (χ1n) is 8.14. The van der Waals surface area contributed by atoms with Gasteiger partial charge in [-0.15, -0.1) is 0 Å². The second-order valence-corrected chi connectivity index (χ2v) is 6.97. The third-order valence-electron chi connectivity index (χ3n) is 4.68. The zero-order valence-corrected chi connectivity index (χ0v) is 13.3. The third-order valence-corrected chi connectivity index (χ3v) is 4.68. The van der Waals surface area contributed by atoms with E-state index in [0.717, 1.165) is 12.8 Å². The van der Waals surface area contributed by atoms with E-state index in [1.54, 1.807) is 0 Å². The Kier molecular flexibility index (Phi) is 5.09. The first kappa shape index (κ1) is 15.4. The van der Waals surface area contributed by atoms with Crippen molar-refractivity contribution in [2.24, 2.45) is 5.73 Å². The van der Waals surface area contributed by atoms with Gasteiger partial charge in [0.25, 0.3) is 0 Å². The molecule has 0 amide bonds. The molecule has 0 saturated heterocycles. The maximum Gasteiger partial charge on any atom is 0.0342 e. The molecule has 1 aliphatic carbocycles. The SMILES string of the molecule is CCCC(C)(C)c1ccc(NC2CCC(N)CC2)cc1. The highest BCUT2D eigenvalue weighted by Crippen LogP contribution is 2.29. The second kappa shape index (κ2) is 6.62. The third kappa shape index (κ3) is 3.99. The number of nitrogens with two attached hydrogens (primary N) is 1. The van der Waals surface area contributed by atoms with E-state index in [4.69, 9.17) is 5.73 Å². The van der Waals surface area contributed by atoms with Crippen molar-refractivity contribution in [1.82, 2.24) is 0 Å². The van der Waals surface area contributed by atoms with Crippen LogP contribution in [-0.4, -0.2) is 12.1 Å². The van der Waals surface area contributed by atoms with Crippen molar-refractivity contribution in [2.45, 2.75) is 76.8 Å². The summed E-state index contributed by atoms with van der Waals surface area (Å²) >= 11 is 0. The Morgan fingerprint density at radius 2 is 1.70 bits per heavy atom. The fourth-order valence-electron chi connectivity index (χ4n) is 3.29. The van der Waals surface area contributed by atoms with Crippen LogP contribution in [0, 0.1) is 0 Å². The van der Waals surface area contributed by atoms with E-state index in [1.807, 2.05) is 0 Å². The second-order valence-electron chi connectivity index (χ2n) is 6.97. The number of benzene rings is 1. The number of hydrogen-bond acceptors (Lipinski definition) is 2. The quantitative estimate of drug-likeness (QED) is 0.832. The van der Waals surface area contributed by atoms with E-state index >= 15 is 0 Å². The van der Waals surface area contributed by atoms with Crippen molar-refractivity contribution >= 4 is 5.69 Å². The minimum atomic E-state index is 0.283. The molecule has 2 heteroatoms. The van der Waals surface area contributed by atoms with Crippen LogP contribution in [0.3, 0.4) is 0 Å². The van der Waals surface area contributed by atoms with Crippen LogP contribution in [0.25, 0.3) is 0 Å². The molecule has 1 aromatic rings. The number of anilines is 1. The lowest BCUT2D eigenvalue weighted by Gasteiger charge is -2.28. The first-order valence-corrected chi connectivity index (χ1v) is 8.14. The molecule has 112 valence electrons. The molecule has 0 aliphatic heterocycles. The van der Waals surface area contributed by atoms with E-state index in [9.17, 15) is 0 Å². The Bertz CT molecular complexity index is 400. The molecule has 1 saturated carbocycles. The van der Waals surface area contributed by atoms with Crippen LogP contribution in [0.4, 0.5) is 5.69 Å². The zero-order valence-electron chi connectivity index (χ0n) is 13.3. The van der Waals surface area contributed by atoms with Crippen molar-refractivity contribution in [3.63, 3.8) is 0 Å². The summed E-state index contributed by atoms with van der Waals surface area (Å²) in [4.78, 5) is 0. The van der Waals surface area contributed by atoms with Crippen molar-refractivity contribution in [3.8, 4) is 0 Å². The molecule has 0 spiro atoms. The molecule has 0 radical (unpaired) electrons. The molecule has 0 bridgehead atoms. The van der Waals surface area contributed by atoms with Crippen molar-refractivity contribution in [3.05, 3.63) is 29.8 Å². The molecule has 0 atom stereocenters. The van der Waals surface area contributed by atoms with Gasteiger partial charge in [0.05, 0.1) is 0 Å². The van der Waals surface area contributed by atoms with Crippen LogP contribution < -0.4 is 11.1 Å². The van der Waals surface area contributed by atoms with E-state index in [2.05, 4.69) is 50.4 Å². The van der Waals surface area contributed by atoms with Crippen LogP contribution in [0.5, 0.6) is 0 Å². The van der Waals surface area contributed by atoms with Gasteiger partial charge in [-0.05, 0) is 55.2 Å². The highest BCUT2D eigenvalue weighted by molar-refractivity contribution is 5.46. The van der Waals surface area contributed by atoms with Gasteiger partial charge in [0.15, 0.2) is 0 Å². The van der Waals surface area contributed by atoms with E-state index in [1.165, 1.54) is 36.9 Å². The molecule has 2 rings (SSSR count). The molecule has 0 aromatic heterocycles. The van der Waals surface area contributed by atoms with Crippen LogP contribution >= 0.6 is 0 Å². The average molecular weight is 274 g/mol. The molecule has 0 heterocycles. The highest BCUT2D eigenvalue weighted by Gasteiger charge is 2.20. The van der Waals surface area contributed by atoms with Crippen LogP contribution in [0.1, 0.15) is 64.9 Å². The van der Waals surface area contributed by atoms with Crippen LogP contribution in [0.15, 0.2) is 24.3 Å². The summed E-state index contributed by atoms with van der Waals surface area (Å²) in [6, 6.07) is 10.1. The van der Waals surface area contributed by atoms with Gasteiger partial charge in [0, 0.05) is 17.8 Å². The summed E-state index contributed by atoms with van der Waals surface area (Å²) in [5, 5.41) is 3.66. The van der Waals surface area contributed by atoms with Gasteiger partial charge in [-0.25, -0.2) is 0 Å². The summed E-state index contributed by atoms with van der Waals surface area (Å²) in [6.45, 7) is 6.92. The summed E-state index contributed by atoms with van der Waals surface area (Å²) in [6.07, 6.45) is 7.17. The molecule has 20 heavy (non-hydrogen) atoms. The lowest BCUT2D eigenvalue weighted by Crippen LogP contribution is -2.32. The number of rotatable bonds is 5. The minimum absolute atomic E-state index is 0.283. The smallest absolute Gasteiger partial charge is 0.0342 e. The fraction of sp³-hybridized carbons (Fsp3) is 0.667. The summed E-state index contributed by atoms with van der Waals surface area (Å²) in [5.74, 6) is 0. The molecule has 1 aromatic carbocycles. The van der Waals surface area contributed by atoms with Gasteiger partial charge >= 0.3 is 0 Å². The van der Waals surface area contributed by atoms with Gasteiger partial charge in [-0.2, -0.15) is 0 Å². The van der Waals surface area contributed by atoms with E-state index < -0.39 is 0 Å². The molecule has 1 aliphatic rings. The Morgan fingerprint density at radius 1 is 1.10 bits per heavy atom. The maximum atomic E-state index is 5.96. The predicted octanol–water partition coefficient (Wildman–Crippen LogP) is 4.45. The van der Waals surface area contributed by atoms with Gasteiger partial charge in [-0.3, -0.25) is 0 Å². The van der Waals surface area contributed by atoms with Crippen molar-refractivity contribution < 1.29 is 0 Å². The standard InChI is InChI=1S/C18H30N2/c1-4-13-18(2,3)14-5-9-16(10-6-14)20-17-11-7-15(19)8-12-17/h5-6,9-10,15,17,20H,4,7-8,11-13,19H2,1-3H3. The number of hydrogen-bond donors (Lipinski definition) is 2. The monoisotopic (exact) mass is 274 g/mol. The predicted molar refractivity (Wildman–Crippen MR) is 88.2 cm³/mol. The Balaban J connectivity index is 1.94. The summed E-state index contributed by atoms with van der Waals surface area (Å²) in [5.41, 5.74) is 8.93. The normalized spacial score (nSPS) is 23.6. The summed E-state index contributed by atoms with van der Waals surface area (Å²) < 4.78 is 0. The van der Waals surface area contributed by atoms with Gasteiger partial charge in [-0.1, -0.05) is 39.3 Å². The molecule has 1 fully saturated rings. The molecule has 0 unspecified atom stereocenters. The molecule has 3 N–H and O–H groups in total. The topological polar surface area (TPSA) is 38.0 Å². The fourth-order valence-corrected chi connectivity index (χ4v) is 3.29. The minimum Gasteiger partial charge on any atom is -0.382 e. The summed E-state index contributed by atoms with van der Waals surface area (Å²) in [7, 11) is 0. The van der Waals surface area contributed by atoms with Crippen molar-refractivity contribution in [1.29, 1.82) is 0 Å². The molecular weight excluding hydrogens is 244 g/mol. The first-order chi connectivity index (χ1) is 9.51. The lowest BCUT2D eigenvalue weighted by atomic mass is 9.81. The van der Waals surface area contributed by atoms with Gasteiger partial charge in [0.2, 0.25) is 0 Å². The van der Waals surface area contributed by atoms with Crippen LogP contribution in [-0.2, 0) is 5.41 Å². The van der Waals surface area contributed by atoms with Gasteiger partial charge < -0.3 is 11.1 Å². The Hall–Kier alpha value is -1.02. The lowest BCUT2D eigenvalue weighted by molar-refractivity contribution is 0.411. The molecular formula is C18H30N2. The van der Waals surface area contributed by atoms with Crippen LogP contribution in [0.2, 0.25) is 0 Å². The zero-order chi connectivity index (χ0) is 14.6. The number of nitrogens with one attached hydrogen (secondary N) is 1. The average Bonchev–Trinajstić information content (AvgIpc) is 2.42.